The van der Waals surface area contributed by atoms with Crippen LogP contribution in [0.5, 0.6) is 0 Å². The largest absolute Gasteiger partial charge is 0.357 e. The van der Waals surface area contributed by atoms with Crippen molar-refractivity contribution in [1.29, 1.82) is 0 Å². The van der Waals surface area contributed by atoms with Crippen LogP contribution in [0.25, 0.3) is 0 Å². The smallest absolute Gasteiger partial charge is 0.222 e. The Labute approximate surface area is 184 Å². The molecule has 7 heteroatoms. The maximum absolute atomic E-state index is 11.9. The third-order valence-electron chi connectivity index (χ3n) is 5.38. The number of benzene rings is 1. The summed E-state index contributed by atoms with van der Waals surface area (Å²) in [4.78, 5) is 18.7. The van der Waals surface area contributed by atoms with E-state index in [4.69, 9.17) is 16.6 Å². The first kappa shape index (κ1) is 22.3. The van der Waals surface area contributed by atoms with Gasteiger partial charge in [0.1, 0.15) is 0 Å². The molecule has 1 saturated heterocycles. The van der Waals surface area contributed by atoms with Crippen LogP contribution in [0.15, 0.2) is 29.3 Å². The van der Waals surface area contributed by atoms with Gasteiger partial charge in [-0.2, -0.15) is 0 Å². The van der Waals surface area contributed by atoms with Gasteiger partial charge in [-0.25, -0.2) is 0 Å². The van der Waals surface area contributed by atoms with E-state index in [0.717, 1.165) is 43.6 Å². The minimum atomic E-state index is 0. The first-order chi connectivity index (χ1) is 12.6. The summed E-state index contributed by atoms with van der Waals surface area (Å²) in [5.41, 5.74) is 1.48. The van der Waals surface area contributed by atoms with Crippen molar-refractivity contribution in [1.82, 2.24) is 15.5 Å². The summed E-state index contributed by atoms with van der Waals surface area (Å²) in [6, 6.07) is 8.44. The van der Waals surface area contributed by atoms with Gasteiger partial charge in [-0.1, -0.05) is 30.7 Å². The summed E-state index contributed by atoms with van der Waals surface area (Å²) in [7, 11) is 0. The molecule has 1 aromatic rings. The molecule has 1 atom stereocenters. The fourth-order valence-corrected chi connectivity index (χ4v) is 3.69. The molecule has 0 spiro atoms. The number of nitrogens with one attached hydrogen (secondary N) is 2. The van der Waals surface area contributed by atoms with Gasteiger partial charge in [0.15, 0.2) is 5.96 Å². The fourth-order valence-electron chi connectivity index (χ4n) is 3.56. The number of likely N-dealkylation sites (tertiary alicyclic amines) is 1. The number of aliphatic imine (C=N–C) groups is 1. The standard InChI is InChI=1S/C20H29ClN4O.HI/c1-3-18(26)25-12-9-17(13-25)24-19(22-4-2)23-14-20(10-11-20)15-5-7-16(21)8-6-15;/h5-8,17H,3-4,9-14H2,1-2H3,(H2,22,23,24);1H. The zero-order valence-electron chi connectivity index (χ0n) is 16.1. The normalized spacial score (nSPS) is 20.8. The van der Waals surface area contributed by atoms with Crippen molar-refractivity contribution in [3.8, 4) is 0 Å². The SMILES string of the molecule is CCNC(=NCC1(c2ccc(Cl)cc2)CC1)NC1CCN(C(=O)CC)C1.I. The fraction of sp³-hybridized carbons (Fsp3) is 0.600. The Balaban J connectivity index is 0.00000261. The quantitative estimate of drug-likeness (QED) is 0.354. The van der Waals surface area contributed by atoms with E-state index in [-0.39, 0.29) is 41.3 Å². The van der Waals surface area contributed by atoms with E-state index in [9.17, 15) is 4.79 Å². The van der Waals surface area contributed by atoms with Crippen LogP contribution < -0.4 is 10.6 Å². The first-order valence-electron chi connectivity index (χ1n) is 9.65. The van der Waals surface area contributed by atoms with Crippen LogP contribution in [0.4, 0.5) is 0 Å². The second kappa shape index (κ2) is 9.96. The van der Waals surface area contributed by atoms with Crippen LogP contribution in [0.3, 0.4) is 0 Å². The number of carbonyl (C=O) groups is 1. The Morgan fingerprint density at radius 2 is 2.00 bits per heavy atom. The van der Waals surface area contributed by atoms with Crippen molar-refractivity contribution >= 4 is 47.4 Å². The second-order valence-electron chi connectivity index (χ2n) is 7.31. The monoisotopic (exact) mass is 504 g/mol. The van der Waals surface area contributed by atoms with Gasteiger partial charge in [-0.3, -0.25) is 9.79 Å². The number of amides is 1. The van der Waals surface area contributed by atoms with Crippen molar-refractivity contribution in [2.75, 3.05) is 26.2 Å². The van der Waals surface area contributed by atoms with Crippen molar-refractivity contribution in [2.24, 2.45) is 4.99 Å². The maximum atomic E-state index is 11.9. The molecule has 1 aliphatic carbocycles. The molecule has 2 aliphatic rings. The minimum absolute atomic E-state index is 0. The lowest BCUT2D eigenvalue weighted by atomic mass is 9.96. The van der Waals surface area contributed by atoms with E-state index in [1.807, 2.05) is 24.0 Å². The van der Waals surface area contributed by atoms with Crippen LogP contribution in [-0.2, 0) is 10.2 Å². The maximum Gasteiger partial charge on any atom is 0.222 e. The van der Waals surface area contributed by atoms with Gasteiger partial charge in [0.2, 0.25) is 5.91 Å². The first-order valence-corrected chi connectivity index (χ1v) is 10.0. The zero-order chi connectivity index (χ0) is 18.6. The molecule has 0 aromatic heterocycles. The number of halogens is 2. The topological polar surface area (TPSA) is 56.7 Å². The molecule has 1 aromatic carbocycles. The van der Waals surface area contributed by atoms with E-state index < -0.39 is 0 Å². The highest BCUT2D eigenvalue weighted by molar-refractivity contribution is 14.0. The number of hydrogen-bond donors (Lipinski definition) is 2. The molecular weight excluding hydrogens is 475 g/mol. The number of hydrogen-bond acceptors (Lipinski definition) is 2. The van der Waals surface area contributed by atoms with Gasteiger partial charge in [0, 0.05) is 42.5 Å². The number of guanidine groups is 1. The molecule has 0 radical (unpaired) electrons. The summed E-state index contributed by atoms with van der Waals surface area (Å²) < 4.78 is 0. The van der Waals surface area contributed by atoms with E-state index in [2.05, 4.69) is 29.7 Å². The third kappa shape index (κ3) is 5.73. The number of rotatable bonds is 6. The molecule has 2 N–H and O–H groups in total. The van der Waals surface area contributed by atoms with Crippen LogP contribution >= 0.6 is 35.6 Å². The van der Waals surface area contributed by atoms with E-state index in [1.165, 1.54) is 18.4 Å². The molecule has 27 heavy (non-hydrogen) atoms. The van der Waals surface area contributed by atoms with E-state index >= 15 is 0 Å². The highest BCUT2D eigenvalue weighted by Gasteiger charge is 2.44. The molecule has 1 aliphatic heterocycles. The number of carbonyl (C=O) groups excluding carboxylic acids is 1. The zero-order valence-corrected chi connectivity index (χ0v) is 19.2. The summed E-state index contributed by atoms with van der Waals surface area (Å²) >= 11 is 6.02. The third-order valence-corrected chi connectivity index (χ3v) is 5.63. The lowest BCUT2D eigenvalue weighted by molar-refractivity contribution is -0.129. The summed E-state index contributed by atoms with van der Waals surface area (Å²) in [5.74, 6) is 1.08. The van der Waals surface area contributed by atoms with Crippen LogP contribution in [0.1, 0.15) is 45.1 Å². The van der Waals surface area contributed by atoms with Crippen LogP contribution in [0, 0.1) is 0 Å². The number of nitrogens with zero attached hydrogens (tertiary/aromatic N) is 2. The molecule has 3 rings (SSSR count). The van der Waals surface area contributed by atoms with E-state index in [1.54, 1.807) is 0 Å². The molecule has 2 fully saturated rings. The molecule has 0 bridgehead atoms. The van der Waals surface area contributed by atoms with Crippen molar-refractivity contribution < 1.29 is 4.79 Å². The van der Waals surface area contributed by atoms with Crippen molar-refractivity contribution in [2.45, 2.75) is 51.0 Å². The molecule has 1 saturated carbocycles. The Kier molecular flexibility index (Phi) is 8.21. The lowest BCUT2D eigenvalue weighted by Gasteiger charge is -2.20. The van der Waals surface area contributed by atoms with Crippen molar-refractivity contribution in [3.05, 3.63) is 34.9 Å². The Morgan fingerprint density at radius 1 is 1.30 bits per heavy atom. The predicted octanol–water partition coefficient (Wildman–Crippen LogP) is 3.56. The molecule has 1 amide bonds. The molecule has 150 valence electrons. The summed E-state index contributed by atoms with van der Waals surface area (Å²) in [6.45, 7) is 7.18. The highest BCUT2D eigenvalue weighted by atomic mass is 127. The molecular formula is C20H30ClIN4O. The molecule has 1 heterocycles. The average Bonchev–Trinajstić information content (AvgIpc) is 3.30. The van der Waals surface area contributed by atoms with Crippen LogP contribution in [0.2, 0.25) is 5.02 Å². The van der Waals surface area contributed by atoms with Crippen molar-refractivity contribution in [3.63, 3.8) is 0 Å². The van der Waals surface area contributed by atoms with Gasteiger partial charge < -0.3 is 15.5 Å². The average molecular weight is 505 g/mol. The predicted molar refractivity (Wildman–Crippen MR) is 122 cm³/mol. The minimum Gasteiger partial charge on any atom is -0.357 e. The Hall–Kier alpha value is -1.02. The van der Waals surface area contributed by atoms with Gasteiger partial charge in [0.05, 0.1) is 6.54 Å². The van der Waals surface area contributed by atoms with Gasteiger partial charge in [0.25, 0.3) is 0 Å². The Morgan fingerprint density at radius 3 is 2.59 bits per heavy atom. The highest BCUT2D eigenvalue weighted by Crippen LogP contribution is 2.48. The van der Waals surface area contributed by atoms with Gasteiger partial charge >= 0.3 is 0 Å². The molecule has 5 nitrogen and oxygen atoms in total. The summed E-state index contributed by atoms with van der Waals surface area (Å²) in [6.07, 6.45) is 3.88. The Bertz CT molecular complexity index is 660. The van der Waals surface area contributed by atoms with E-state index in [0.29, 0.717) is 6.42 Å². The van der Waals surface area contributed by atoms with Crippen LogP contribution in [-0.4, -0.2) is 49.0 Å². The van der Waals surface area contributed by atoms with Gasteiger partial charge in [-0.15, -0.1) is 24.0 Å². The second-order valence-corrected chi connectivity index (χ2v) is 7.74. The lowest BCUT2D eigenvalue weighted by Crippen LogP contribution is -2.45. The summed E-state index contributed by atoms with van der Waals surface area (Å²) in [5, 5.41) is 7.63. The van der Waals surface area contributed by atoms with Gasteiger partial charge in [-0.05, 0) is 43.9 Å². The molecule has 1 unspecified atom stereocenters.